The molecule has 1 atom stereocenters. The topological polar surface area (TPSA) is 77.1 Å². The number of fused-ring (bicyclic) bond motifs is 1. The van der Waals surface area contributed by atoms with Crippen molar-refractivity contribution >= 4 is 44.9 Å². The molecular formula is C17H21MgN3O3S. The largest absolute Gasteiger partial charge is 2.00 e. The SMILES string of the molecule is COc1ccc2nc([S@@](=O)Cc3ncc(C)c(OC)c3C)[nH]c2c1.[H-].[H-].[Mg+2]. The quantitative estimate of drug-likeness (QED) is 0.698. The molecule has 0 amide bonds. The first kappa shape index (κ1) is 19.7. The number of nitrogens with one attached hydrogen (secondary N) is 1. The van der Waals surface area contributed by atoms with Gasteiger partial charge in [0.15, 0.2) is 5.16 Å². The summed E-state index contributed by atoms with van der Waals surface area (Å²) in [6.45, 7) is 3.86. The summed E-state index contributed by atoms with van der Waals surface area (Å²) in [5.74, 6) is 1.79. The molecule has 8 heteroatoms. The number of methoxy groups -OCH3 is 2. The van der Waals surface area contributed by atoms with Crippen LogP contribution in [0.15, 0.2) is 29.6 Å². The molecule has 2 aromatic heterocycles. The summed E-state index contributed by atoms with van der Waals surface area (Å²) in [6, 6.07) is 5.50. The van der Waals surface area contributed by atoms with Gasteiger partial charge in [-0.1, -0.05) is 0 Å². The zero-order valence-corrected chi connectivity index (χ0v) is 17.0. The normalized spacial score (nSPS) is 11.8. The monoisotopic (exact) mass is 371 g/mol. The third-order valence-electron chi connectivity index (χ3n) is 3.90. The van der Waals surface area contributed by atoms with E-state index >= 15 is 0 Å². The molecule has 0 aliphatic rings. The van der Waals surface area contributed by atoms with E-state index in [1.54, 1.807) is 20.4 Å². The number of pyridine rings is 1. The van der Waals surface area contributed by atoms with Crippen molar-refractivity contribution in [1.82, 2.24) is 15.0 Å². The van der Waals surface area contributed by atoms with E-state index in [1.807, 2.05) is 32.0 Å². The van der Waals surface area contributed by atoms with Crippen molar-refractivity contribution in [2.75, 3.05) is 14.2 Å². The fraction of sp³-hybridized carbons (Fsp3) is 0.294. The summed E-state index contributed by atoms with van der Waals surface area (Å²) in [5.41, 5.74) is 4.16. The molecule has 0 radical (unpaired) electrons. The number of H-pyrrole nitrogens is 1. The molecule has 25 heavy (non-hydrogen) atoms. The predicted octanol–water partition coefficient (Wildman–Crippen LogP) is 2.74. The van der Waals surface area contributed by atoms with Gasteiger partial charge >= 0.3 is 23.1 Å². The second-order valence-corrected chi connectivity index (χ2v) is 6.83. The Morgan fingerprint density at radius 3 is 2.68 bits per heavy atom. The molecule has 130 valence electrons. The maximum Gasteiger partial charge on any atom is 2.00 e. The predicted molar refractivity (Wildman–Crippen MR) is 101 cm³/mol. The number of rotatable bonds is 5. The third-order valence-corrected chi connectivity index (χ3v) is 5.06. The molecule has 0 bridgehead atoms. The van der Waals surface area contributed by atoms with E-state index in [0.29, 0.717) is 5.16 Å². The van der Waals surface area contributed by atoms with Crippen LogP contribution in [-0.2, 0) is 16.6 Å². The molecule has 0 aliphatic heterocycles. The first-order valence-electron chi connectivity index (χ1n) is 7.44. The van der Waals surface area contributed by atoms with Crippen LogP contribution in [0.5, 0.6) is 11.5 Å². The minimum absolute atomic E-state index is 0. The molecule has 3 aromatic rings. The summed E-state index contributed by atoms with van der Waals surface area (Å²) in [5, 5.41) is 0.430. The smallest absolute Gasteiger partial charge is 1.00 e. The van der Waals surface area contributed by atoms with E-state index in [1.165, 1.54) is 0 Å². The van der Waals surface area contributed by atoms with Crippen LogP contribution >= 0.6 is 0 Å². The molecule has 0 saturated carbocycles. The van der Waals surface area contributed by atoms with Gasteiger partial charge in [-0.25, -0.2) is 4.98 Å². The molecule has 3 rings (SSSR count). The molecule has 6 nitrogen and oxygen atoms in total. The molecular weight excluding hydrogens is 351 g/mol. The summed E-state index contributed by atoms with van der Waals surface area (Å²) >= 11 is 0. The number of benzene rings is 1. The number of hydrogen-bond acceptors (Lipinski definition) is 5. The van der Waals surface area contributed by atoms with Crippen molar-refractivity contribution < 1.29 is 16.5 Å². The van der Waals surface area contributed by atoms with Crippen molar-refractivity contribution in [3.8, 4) is 11.5 Å². The van der Waals surface area contributed by atoms with Gasteiger partial charge < -0.3 is 17.3 Å². The Balaban J connectivity index is 0.00000225. The Morgan fingerprint density at radius 1 is 1.24 bits per heavy atom. The first-order chi connectivity index (χ1) is 11.5. The van der Waals surface area contributed by atoms with Gasteiger partial charge in [-0.15, -0.1) is 0 Å². The number of aromatic amines is 1. The molecule has 0 spiro atoms. The Labute approximate surface area is 167 Å². The van der Waals surface area contributed by atoms with E-state index in [-0.39, 0.29) is 31.7 Å². The van der Waals surface area contributed by atoms with Crippen molar-refractivity contribution in [3.05, 3.63) is 41.2 Å². The number of nitrogens with zero attached hydrogens (tertiary/aromatic N) is 2. The molecule has 1 N–H and O–H groups in total. The van der Waals surface area contributed by atoms with E-state index in [4.69, 9.17) is 9.47 Å². The van der Waals surface area contributed by atoms with Crippen LogP contribution in [0.3, 0.4) is 0 Å². The summed E-state index contributed by atoms with van der Waals surface area (Å²) < 4.78 is 23.3. The zero-order valence-electron chi connectivity index (χ0n) is 16.8. The molecule has 0 aliphatic carbocycles. The summed E-state index contributed by atoms with van der Waals surface area (Å²) in [7, 11) is 1.91. The summed E-state index contributed by atoms with van der Waals surface area (Å²) in [4.78, 5) is 11.9. The average molecular weight is 372 g/mol. The van der Waals surface area contributed by atoms with Gasteiger partial charge in [0.25, 0.3) is 0 Å². The Hall–Kier alpha value is -1.64. The fourth-order valence-corrected chi connectivity index (χ4v) is 3.71. The first-order valence-corrected chi connectivity index (χ1v) is 8.76. The fourth-order valence-electron chi connectivity index (χ4n) is 2.61. The van der Waals surface area contributed by atoms with Crippen molar-refractivity contribution in [1.29, 1.82) is 0 Å². The zero-order chi connectivity index (χ0) is 17.3. The maximum absolute atomic E-state index is 12.7. The summed E-state index contributed by atoms with van der Waals surface area (Å²) in [6.07, 6.45) is 1.74. The molecule has 1 aromatic carbocycles. The molecule has 0 saturated heterocycles. The second-order valence-electron chi connectivity index (χ2n) is 5.46. The Morgan fingerprint density at radius 2 is 2.00 bits per heavy atom. The minimum Gasteiger partial charge on any atom is -1.00 e. The minimum atomic E-state index is -1.33. The maximum atomic E-state index is 12.7. The Bertz CT molecular complexity index is 937. The van der Waals surface area contributed by atoms with Crippen LogP contribution in [0.25, 0.3) is 11.0 Å². The van der Waals surface area contributed by atoms with Gasteiger partial charge in [0.05, 0.1) is 47.5 Å². The molecule has 0 fully saturated rings. The van der Waals surface area contributed by atoms with Crippen LogP contribution < -0.4 is 9.47 Å². The second kappa shape index (κ2) is 8.16. The number of aromatic nitrogens is 3. The van der Waals surface area contributed by atoms with Gasteiger partial charge in [0.1, 0.15) is 11.5 Å². The van der Waals surface area contributed by atoms with E-state index in [9.17, 15) is 4.21 Å². The van der Waals surface area contributed by atoms with Gasteiger partial charge in [0.2, 0.25) is 0 Å². The van der Waals surface area contributed by atoms with Crippen LogP contribution in [0, 0.1) is 13.8 Å². The van der Waals surface area contributed by atoms with Gasteiger partial charge in [-0.05, 0) is 26.0 Å². The average Bonchev–Trinajstić information content (AvgIpc) is 3.01. The number of ether oxygens (including phenoxy) is 2. The number of imidazole rings is 1. The van der Waals surface area contributed by atoms with E-state index in [0.717, 1.165) is 39.4 Å². The number of hydrogen-bond donors (Lipinski definition) is 1. The molecule has 2 heterocycles. The third kappa shape index (κ3) is 3.96. The van der Waals surface area contributed by atoms with E-state index in [2.05, 4.69) is 15.0 Å². The van der Waals surface area contributed by atoms with Crippen LogP contribution in [0.4, 0.5) is 0 Å². The van der Waals surface area contributed by atoms with Crippen LogP contribution in [0.1, 0.15) is 19.7 Å². The van der Waals surface area contributed by atoms with Crippen molar-refractivity contribution in [3.63, 3.8) is 0 Å². The van der Waals surface area contributed by atoms with E-state index < -0.39 is 10.8 Å². The standard InChI is InChI=1S/C17H19N3O3S.Mg.2H/c1-10-8-18-15(11(2)16(10)23-4)9-24(21)17-19-13-6-5-12(22-3)7-14(13)20-17;;;/h5-8H,9H2,1-4H3,(H,19,20);;;/q;+2;2*-1/t24-;;;/m0.../s1. The van der Waals surface area contributed by atoms with Gasteiger partial charge in [-0.3, -0.25) is 9.19 Å². The van der Waals surface area contributed by atoms with Gasteiger partial charge in [-0.2, -0.15) is 0 Å². The van der Waals surface area contributed by atoms with Crippen LogP contribution in [-0.4, -0.2) is 56.4 Å². The molecule has 0 unspecified atom stereocenters. The van der Waals surface area contributed by atoms with Crippen LogP contribution in [0.2, 0.25) is 0 Å². The van der Waals surface area contributed by atoms with Gasteiger partial charge in [0, 0.05) is 23.4 Å². The Kier molecular flexibility index (Phi) is 6.42. The van der Waals surface area contributed by atoms with Crippen molar-refractivity contribution in [2.24, 2.45) is 0 Å². The van der Waals surface area contributed by atoms with Crippen molar-refractivity contribution in [2.45, 2.75) is 24.8 Å². The number of aryl methyl sites for hydroxylation is 1.